The van der Waals surface area contributed by atoms with Crippen LogP contribution in [0.1, 0.15) is 23.7 Å². The summed E-state index contributed by atoms with van der Waals surface area (Å²) in [4.78, 5) is 24.5. The molecule has 114 valence electrons. The topological polar surface area (TPSA) is 110 Å². The van der Waals surface area contributed by atoms with E-state index in [9.17, 15) is 19.8 Å². The summed E-state index contributed by atoms with van der Waals surface area (Å²) in [6.07, 6.45) is 0.234. The van der Waals surface area contributed by atoms with Crippen LogP contribution < -0.4 is 5.32 Å². The van der Waals surface area contributed by atoms with E-state index < -0.39 is 23.9 Å². The highest BCUT2D eigenvalue weighted by Gasteiger charge is 2.29. The van der Waals surface area contributed by atoms with Crippen molar-refractivity contribution >= 4 is 17.7 Å². The molecule has 0 aliphatic carbocycles. The summed E-state index contributed by atoms with van der Waals surface area (Å²) < 4.78 is 0. The van der Waals surface area contributed by atoms with Gasteiger partial charge in [-0.2, -0.15) is 0 Å². The minimum Gasteiger partial charge on any atom is -0.505 e. The number of carboxylic acids is 1. The van der Waals surface area contributed by atoms with Crippen LogP contribution in [0.5, 0.6) is 5.75 Å². The van der Waals surface area contributed by atoms with Gasteiger partial charge in [0.15, 0.2) is 5.75 Å². The number of rotatable bonds is 3. The number of amides is 2. The Morgan fingerprint density at radius 1 is 1.43 bits per heavy atom. The smallest absolute Gasteiger partial charge is 0.339 e. The average Bonchev–Trinajstić information content (AvgIpc) is 2.90. The Bertz CT molecular complexity index is 558. The van der Waals surface area contributed by atoms with Crippen molar-refractivity contribution in [1.29, 1.82) is 0 Å². The number of carbonyl (C=O) groups is 2. The monoisotopic (exact) mass is 294 g/mol. The number of phenols is 1. The molecule has 2 unspecified atom stereocenters. The third-order valence-electron chi connectivity index (χ3n) is 3.70. The summed E-state index contributed by atoms with van der Waals surface area (Å²) in [6.45, 7) is 2.64. The molecule has 1 aliphatic rings. The van der Waals surface area contributed by atoms with E-state index in [1.165, 1.54) is 23.1 Å². The van der Waals surface area contributed by atoms with Crippen molar-refractivity contribution in [1.82, 2.24) is 4.90 Å². The number of hydrogen-bond donors (Lipinski definition) is 4. The number of nitrogens with one attached hydrogen (secondary N) is 1. The molecule has 1 aromatic rings. The maximum atomic E-state index is 12.1. The second kappa shape index (κ2) is 6.01. The van der Waals surface area contributed by atoms with Crippen LogP contribution in [0.3, 0.4) is 0 Å². The van der Waals surface area contributed by atoms with Gasteiger partial charge in [0.25, 0.3) is 0 Å². The Balaban J connectivity index is 2.07. The van der Waals surface area contributed by atoms with Crippen LogP contribution in [-0.4, -0.2) is 51.4 Å². The highest BCUT2D eigenvalue weighted by molar-refractivity contribution is 5.97. The molecule has 1 saturated heterocycles. The molecule has 4 N–H and O–H groups in total. The third-order valence-corrected chi connectivity index (χ3v) is 3.70. The van der Waals surface area contributed by atoms with Crippen molar-refractivity contribution in [2.24, 2.45) is 5.92 Å². The minimum atomic E-state index is -1.26. The largest absolute Gasteiger partial charge is 0.505 e. The second-order valence-corrected chi connectivity index (χ2v) is 5.17. The second-order valence-electron chi connectivity index (χ2n) is 5.17. The number of aliphatic hydroxyl groups excluding tert-OH is 1. The predicted molar refractivity (Wildman–Crippen MR) is 75.4 cm³/mol. The number of para-hydroxylation sites is 1. The number of aromatic carboxylic acids is 1. The van der Waals surface area contributed by atoms with Crippen molar-refractivity contribution in [2.45, 2.75) is 19.4 Å². The van der Waals surface area contributed by atoms with Gasteiger partial charge in [0.1, 0.15) is 5.56 Å². The number of hydrogen-bond acceptors (Lipinski definition) is 4. The normalized spacial score (nSPS) is 19.3. The lowest BCUT2D eigenvalue weighted by atomic mass is 10.0. The maximum absolute atomic E-state index is 12.1. The first kappa shape index (κ1) is 15.1. The third kappa shape index (κ3) is 3.25. The first-order valence-electron chi connectivity index (χ1n) is 6.69. The molecule has 2 rings (SSSR count). The molecule has 2 amide bonds. The average molecular weight is 294 g/mol. The number of carboxylic acid groups (broad SMARTS) is 1. The molecule has 0 aromatic heterocycles. The van der Waals surface area contributed by atoms with Crippen molar-refractivity contribution in [3.05, 3.63) is 23.8 Å². The quantitative estimate of drug-likeness (QED) is 0.629. The zero-order chi connectivity index (χ0) is 15.6. The lowest BCUT2D eigenvalue weighted by Crippen LogP contribution is -2.34. The summed E-state index contributed by atoms with van der Waals surface area (Å²) in [5.41, 5.74) is -0.212. The van der Waals surface area contributed by atoms with E-state index in [-0.39, 0.29) is 17.2 Å². The van der Waals surface area contributed by atoms with Gasteiger partial charge in [0.2, 0.25) is 0 Å². The predicted octanol–water partition coefficient (Wildman–Crippen LogP) is 1.33. The van der Waals surface area contributed by atoms with Gasteiger partial charge < -0.3 is 25.5 Å². The Labute approximate surface area is 121 Å². The van der Waals surface area contributed by atoms with Crippen LogP contribution in [0.15, 0.2) is 18.2 Å². The zero-order valence-electron chi connectivity index (χ0n) is 11.6. The maximum Gasteiger partial charge on any atom is 0.339 e. The Hall–Kier alpha value is -2.28. The molecule has 1 heterocycles. The summed E-state index contributed by atoms with van der Waals surface area (Å²) in [7, 11) is 0. The standard InChI is InChI=1S/C14H18N2O5/c1-8(17)9-5-6-16(7-9)14(21)15-11-4-2-3-10(12(11)18)13(19)20/h2-4,8-9,17-18H,5-7H2,1H3,(H,15,21)(H,19,20). The Morgan fingerprint density at radius 2 is 2.14 bits per heavy atom. The number of urea groups is 1. The van der Waals surface area contributed by atoms with Crippen LogP contribution in [0.4, 0.5) is 10.5 Å². The molecular formula is C14H18N2O5. The summed E-state index contributed by atoms with van der Waals surface area (Å²) in [5, 5.41) is 30.8. The van der Waals surface area contributed by atoms with Gasteiger partial charge in [-0.15, -0.1) is 0 Å². The van der Waals surface area contributed by atoms with E-state index in [4.69, 9.17) is 5.11 Å². The fraction of sp³-hybridized carbons (Fsp3) is 0.429. The van der Waals surface area contributed by atoms with Crippen molar-refractivity contribution in [2.75, 3.05) is 18.4 Å². The first-order valence-corrected chi connectivity index (χ1v) is 6.69. The van der Waals surface area contributed by atoms with Crippen molar-refractivity contribution in [3.8, 4) is 5.75 Å². The summed E-state index contributed by atoms with van der Waals surface area (Å²) in [6, 6.07) is 3.71. The molecule has 0 saturated carbocycles. The molecule has 2 atom stereocenters. The Kier molecular flexibility index (Phi) is 4.32. The molecule has 1 fully saturated rings. The fourth-order valence-corrected chi connectivity index (χ4v) is 2.38. The van der Waals surface area contributed by atoms with E-state index in [1.54, 1.807) is 6.92 Å². The number of likely N-dealkylation sites (tertiary alicyclic amines) is 1. The summed E-state index contributed by atoms with van der Waals surface area (Å²) >= 11 is 0. The van der Waals surface area contributed by atoms with Gasteiger partial charge >= 0.3 is 12.0 Å². The van der Waals surface area contributed by atoms with Gasteiger partial charge in [-0.05, 0) is 25.5 Å². The van der Waals surface area contributed by atoms with Crippen LogP contribution >= 0.6 is 0 Å². The van der Waals surface area contributed by atoms with Crippen molar-refractivity contribution < 1.29 is 24.9 Å². The fourth-order valence-electron chi connectivity index (χ4n) is 2.38. The van der Waals surface area contributed by atoms with E-state index in [0.29, 0.717) is 19.5 Å². The molecule has 0 spiro atoms. The number of carbonyl (C=O) groups excluding carboxylic acids is 1. The molecular weight excluding hydrogens is 276 g/mol. The van der Waals surface area contributed by atoms with Crippen LogP contribution in [0.25, 0.3) is 0 Å². The van der Waals surface area contributed by atoms with Gasteiger partial charge in [-0.3, -0.25) is 0 Å². The van der Waals surface area contributed by atoms with Crippen LogP contribution in [-0.2, 0) is 0 Å². The van der Waals surface area contributed by atoms with E-state index in [2.05, 4.69) is 5.32 Å². The SMILES string of the molecule is CC(O)C1CCN(C(=O)Nc2cccc(C(=O)O)c2O)C1. The lowest BCUT2D eigenvalue weighted by Gasteiger charge is -2.19. The summed E-state index contributed by atoms with van der Waals surface area (Å²) in [5.74, 6) is -1.70. The molecule has 1 aromatic carbocycles. The van der Waals surface area contributed by atoms with Crippen molar-refractivity contribution in [3.63, 3.8) is 0 Å². The zero-order valence-corrected chi connectivity index (χ0v) is 11.6. The van der Waals surface area contributed by atoms with Crippen LogP contribution in [0.2, 0.25) is 0 Å². The molecule has 1 aliphatic heterocycles. The van der Waals surface area contributed by atoms with Gasteiger partial charge in [-0.1, -0.05) is 6.07 Å². The van der Waals surface area contributed by atoms with E-state index >= 15 is 0 Å². The van der Waals surface area contributed by atoms with Gasteiger partial charge in [-0.25, -0.2) is 9.59 Å². The van der Waals surface area contributed by atoms with E-state index in [0.717, 1.165) is 0 Å². The lowest BCUT2D eigenvalue weighted by molar-refractivity contribution is 0.0693. The minimum absolute atomic E-state index is 0.0368. The molecule has 0 radical (unpaired) electrons. The Morgan fingerprint density at radius 3 is 2.71 bits per heavy atom. The number of aliphatic hydroxyl groups is 1. The molecule has 0 bridgehead atoms. The van der Waals surface area contributed by atoms with Gasteiger partial charge in [0.05, 0.1) is 11.8 Å². The van der Waals surface area contributed by atoms with Crippen LogP contribution in [0, 0.1) is 5.92 Å². The number of anilines is 1. The van der Waals surface area contributed by atoms with E-state index in [1.807, 2.05) is 0 Å². The molecule has 7 nitrogen and oxygen atoms in total. The number of nitrogens with zero attached hydrogens (tertiary/aromatic N) is 1. The van der Waals surface area contributed by atoms with Gasteiger partial charge in [0, 0.05) is 19.0 Å². The molecule has 21 heavy (non-hydrogen) atoms. The number of benzene rings is 1. The first-order chi connectivity index (χ1) is 9.90. The highest BCUT2D eigenvalue weighted by atomic mass is 16.4. The molecule has 7 heteroatoms. The number of aromatic hydroxyl groups is 1. The highest BCUT2D eigenvalue weighted by Crippen LogP contribution is 2.28.